The highest BCUT2D eigenvalue weighted by Crippen LogP contribution is 2.26. The minimum absolute atomic E-state index is 0.0952. The zero-order chi connectivity index (χ0) is 28.7. The number of sulfonamides is 1. The number of amides is 2. The van der Waals surface area contributed by atoms with Crippen LogP contribution in [0.4, 0.5) is 5.69 Å². The summed E-state index contributed by atoms with van der Waals surface area (Å²) in [6, 6.07) is 22.2. The van der Waals surface area contributed by atoms with Crippen molar-refractivity contribution in [2.45, 2.75) is 69.5 Å². The lowest BCUT2D eigenvalue weighted by atomic mass is 10.1. The first-order valence-electron chi connectivity index (χ1n) is 13.7. The molecular formula is C31H36IN3O4S. The van der Waals surface area contributed by atoms with Gasteiger partial charge in [0.05, 0.1) is 10.6 Å². The zero-order valence-corrected chi connectivity index (χ0v) is 25.9. The maximum atomic E-state index is 14.2. The number of carbonyl (C=O) groups is 2. The van der Waals surface area contributed by atoms with Gasteiger partial charge in [-0.3, -0.25) is 13.9 Å². The van der Waals surface area contributed by atoms with Crippen LogP contribution in [-0.2, 0) is 26.2 Å². The van der Waals surface area contributed by atoms with Gasteiger partial charge in [0.2, 0.25) is 11.8 Å². The Bertz CT molecular complexity index is 1410. The highest BCUT2D eigenvalue weighted by Gasteiger charge is 2.34. The van der Waals surface area contributed by atoms with Gasteiger partial charge in [-0.1, -0.05) is 62.2 Å². The third-order valence-electron chi connectivity index (χ3n) is 7.41. The molecule has 9 heteroatoms. The van der Waals surface area contributed by atoms with E-state index in [1.165, 1.54) is 12.1 Å². The standard InChI is InChI=1S/C31H36IN3O4S/c1-3-29(31(37)33-26-13-9-10-14-26)34(21-24-12-8-7-11-23(24)2)30(36)22-35(27-19-17-25(32)18-20-27)40(38,39)28-15-5-4-6-16-28/h4-8,11-12,15-20,26,29H,3,9-10,13-14,21-22H2,1-2H3,(H,33,37)/t29-/m0/s1. The Hall–Kier alpha value is -2.92. The molecule has 3 aromatic rings. The van der Waals surface area contributed by atoms with Crippen LogP contribution < -0.4 is 9.62 Å². The minimum Gasteiger partial charge on any atom is -0.352 e. The van der Waals surface area contributed by atoms with Gasteiger partial charge >= 0.3 is 0 Å². The lowest BCUT2D eigenvalue weighted by molar-refractivity contribution is -0.140. The summed E-state index contributed by atoms with van der Waals surface area (Å²) in [5.74, 6) is -0.627. The molecule has 40 heavy (non-hydrogen) atoms. The van der Waals surface area contributed by atoms with Crippen LogP contribution in [0, 0.1) is 10.5 Å². The van der Waals surface area contributed by atoms with E-state index in [-0.39, 0.29) is 23.4 Å². The molecule has 0 spiro atoms. The van der Waals surface area contributed by atoms with Crippen molar-refractivity contribution in [3.63, 3.8) is 0 Å². The SMILES string of the molecule is CC[C@@H](C(=O)NC1CCCC1)N(Cc1ccccc1C)C(=O)CN(c1ccc(I)cc1)S(=O)(=O)c1ccccc1. The third-order valence-corrected chi connectivity index (χ3v) is 9.92. The predicted octanol–water partition coefficient (Wildman–Crippen LogP) is 5.66. The summed E-state index contributed by atoms with van der Waals surface area (Å²) in [5.41, 5.74) is 2.30. The molecule has 0 bridgehead atoms. The first kappa shape index (κ1) is 30.0. The average molecular weight is 674 g/mol. The normalized spacial score (nSPS) is 14.5. The molecule has 4 rings (SSSR count). The number of nitrogens with zero attached hydrogens (tertiary/aromatic N) is 2. The van der Waals surface area contributed by atoms with E-state index in [1.807, 2.05) is 50.2 Å². The number of halogens is 1. The van der Waals surface area contributed by atoms with E-state index in [0.29, 0.717) is 12.1 Å². The maximum Gasteiger partial charge on any atom is 0.264 e. The van der Waals surface area contributed by atoms with Crippen LogP contribution in [0.25, 0.3) is 0 Å². The fourth-order valence-electron chi connectivity index (χ4n) is 5.11. The van der Waals surface area contributed by atoms with E-state index in [1.54, 1.807) is 35.2 Å². The molecule has 1 atom stereocenters. The Kier molecular flexibility index (Phi) is 10.2. The first-order chi connectivity index (χ1) is 19.2. The van der Waals surface area contributed by atoms with Crippen molar-refractivity contribution in [2.75, 3.05) is 10.8 Å². The first-order valence-corrected chi connectivity index (χ1v) is 16.2. The van der Waals surface area contributed by atoms with Crippen LogP contribution in [0.2, 0.25) is 0 Å². The molecule has 7 nitrogen and oxygen atoms in total. The molecule has 212 valence electrons. The van der Waals surface area contributed by atoms with Crippen LogP contribution in [0.3, 0.4) is 0 Å². The summed E-state index contributed by atoms with van der Waals surface area (Å²) in [4.78, 5) is 29.3. The molecule has 1 fully saturated rings. The minimum atomic E-state index is -4.07. The summed E-state index contributed by atoms with van der Waals surface area (Å²) in [6.45, 7) is 3.62. The lowest BCUT2D eigenvalue weighted by Gasteiger charge is -2.34. The molecule has 2 amide bonds. The number of anilines is 1. The molecular weight excluding hydrogens is 637 g/mol. The largest absolute Gasteiger partial charge is 0.352 e. The molecule has 0 unspecified atom stereocenters. The number of rotatable bonds is 11. The van der Waals surface area contributed by atoms with Gasteiger partial charge in [0.15, 0.2) is 0 Å². The Labute approximate surface area is 251 Å². The van der Waals surface area contributed by atoms with Crippen molar-refractivity contribution >= 4 is 50.1 Å². The number of aryl methyl sites for hydroxylation is 1. The lowest BCUT2D eigenvalue weighted by Crippen LogP contribution is -2.53. The van der Waals surface area contributed by atoms with Gasteiger partial charge in [0.1, 0.15) is 12.6 Å². The number of carbonyl (C=O) groups excluding carboxylic acids is 2. The zero-order valence-electron chi connectivity index (χ0n) is 22.9. The summed E-state index contributed by atoms with van der Waals surface area (Å²) < 4.78 is 29.8. The molecule has 0 heterocycles. The Balaban J connectivity index is 1.71. The van der Waals surface area contributed by atoms with Gasteiger partial charge in [-0.15, -0.1) is 0 Å². The summed E-state index contributed by atoms with van der Waals surface area (Å²) in [7, 11) is -4.07. The van der Waals surface area contributed by atoms with Gasteiger partial charge < -0.3 is 10.2 Å². The van der Waals surface area contributed by atoms with Gasteiger partial charge in [-0.25, -0.2) is 8.42 Å². The molecule has 1 aliphatic carbocycles. The van der Waals surface area contributed by atoms with Crippen molar-refractivity contribution in [3.05, 3.63) is 93.6 Å². The second-order valence-corrected chi connectivity index (χ2v) is 13.3. The second-order valence-electron chi connectivity index (χ2n) is 10.2. The van der Waals surface area contributed by atoms with Gasteiger partial charge in [-0.05, 0) is 96.3 Å². The Morgan fingerprint density at radius 2 is 1.57 bits per heavy atom. The topological polar surface area (TPSA) is 86.8 Å². The van der Waals surface area contributed by atoms with E-state index in [9.17, 15) is 18.0 Å². The third kappa shape index (κ3) is 7.23. The van der Waals surface area contributed by atoms with Gasteiger partial charge in [-0.2, -0.15) is 0 Å². The van der Waals surface area contributed by atoms with E-state index in [4.69, 9.17) is 0 Å². The van der Waals surface area contributed by atoms with Crippen LogP contribution in [0.1, 0.15) is 50.2 Å². The molecule has 0 saturated heterocycles. The summed E-state index contributed by atoms with van der Waals surface area (Å²) in [6.07, 6.45) is 4.44. The number of hydrogen-bond donors (Lipinski definition) is 1. The fourth-order valence-corrected chi connectivity index (χ4v) is 6.91. The monoisotopic (exact) mass is 673 g/mol. The van der Waals surface area contributed by atoms with E-state index < -0.39 is 28.5 Å². The van der Waals surface area contributed by atoms with Crippen molar-refractivity contribution in [3.8, 4) is 0 Å². The van der Waals surface area contributed by atoms with Crippen LogP contribution in [0.5, 0.6) is 0 Å². The molecule has 1 N–H and O–H groups in total. The van der Waals surface area contributed by atoms with Crippen molar-refractivity contribution in [2.24, 2.45) is 0 Å². The highest BCUT2D eigenvalue weighted by atomic mass is 127. The van der Waals surface area contributed by atoms with Crippen LogP contribution in [0.15, 0.2) is 83.8 Å². The molecule has 1 saturated carbocycles. The highest BCUT2D eigenvalue weighted by molar-refractivity contribution is 14.1. The summed E-state index contributed by atoms with van der Waals surface area (Å²) >= 11 is 2.16. The quantitative estimate of drug-likeness (QED) is 0.266. The number of hydrogen-bond acceptors (Lipinski definition) is 4. The van der Waals surface area contributed by atoms with Crippen molar-refractivity contribution in [1.29, 1.82) is 0 Å². The molecule has 1 aliphatic rings. The Morgan fingerprint density at radius 3 is 2.20 bits per heavy atom. The van der Waals surface area contributed by atoms with E-state index in [0.717, 1.165) is 44.7 Å². The van der Waals surface area contributed by atoms with Crippen molar-refractivity contribution in [1.82, 2.24) is 10.2 Å². The van der Waals surface area contributed by atoms with E-state index >= 15 is 0 Å². The van der Waals surface area contributed by atoms with Gasteiger partial charge in [0.25, 0.3) is 10.0 Å². The molecule has 3 aromatic carbocycles. The van der Waals surface area contributed by atoms with E-state index in [2.05, 4.69) is 27.9 Å². The van der Waals surface area contributed by atoms with Crippen LogP contribution in [-0.4, -0.2) is 43.8 Å². The van der Waals surface area contributed by atoms with Crippen molar-refractivity contribution < 1.29 is 18.0 Å². The maximum absolute atomic E-state index is 14.2. The molecule has 0 radical (unpaired) electrons. The molecule has 0 aromatic heterocycles. The predicted molar refractivity (Wildman–Crippen MR) is 166 cm³/mol. The Morgan fingerprint density at radius 1 is 0.950 bits per heavy atom. The van der Waals surface area contributed by atoms with Crippen LogP contribution >= 0.6 is 22.6 Å². The van der Waals surface area contributed by atoms with Gasteiger partial charge in [0, 0.05) is 16.2 Å². The number of benzene rings is 3. The summed E-state index contributed by atoms with van der Waals surface area (Å²) in [5, 5.41) is 3.15. The fraction of sp³-hybridized carbons (Fsp3) is 0.355. The second kappa shape index (κ2) is 13.6. The number of nitrogens with one attached hydrogen (secondary N) is 1. The average Bonchev–Trinajstić information content (AvgIpc) is 3.46. The molecule has 0 aliphatic heterocycles. The smallest absolute Gasteiger partial charge is 0.264 e.